The molecule has 0 bridgehead atoms. The molecule has 0 spiro atoms. The van der Waals surface area contributed by atoms with Crippen LogP contribution in [0.2, 0.25) is 0 Å². The summed E-state index contributed by atoms with van der Waals surface area (Å²) in [6.45, 7) is 0.447. The minimum atomic E-state index is -0.924. The number of hydroxylamine groups is 1. The molecule has 0 aliphatic carbocycles. The molecular weight excluding hydrogens is 212 g/mol. The van der Waals surface area contributed by atoms with E-state index in [1.807, 2.05) is 24.3 Å². The van der Waals surface area contributed by atoms with Gasteiger partial charge in [-0.2, -0.15) is 0 Å². The Labute approximate surface area is 91.8 Å². The first kappa shape index (κ1) is 11.9. The highest BCUT2D eigenvalue weighted by Crippen LogP contribution is 2.07. The van der Waals surface area contributed by atoms with Crippen LogP contribution >= 0.6 is 0 Å². The maximum absolute atomic E-state index is 11.1. The van der Waals surface area contributed by atoms with Crippen molar-refractivity contribution in [1.82, 2.24) is 5.48 Å². The van der Waals surface area contributed by atoms with Crippen molar-refractivity contribution in [2.24, 2.45) is 4.99 Å². The Balaban J connectivity index is 2.46. The highest BCUT2D eigenvalue weighted by atomic mass is 32.2. The van der Waals surface area contributed by atoms with E-state index >= 15 is 0 Å². The van der Waals surface area contributed by atoms with Gasteiger partial charge in [0.1, 0.15) is 6.34 Å². The Morgan fingerprint density at radius 3 is 2.67 bits per heavy atom. The Hall–Kier alpha value is -1.20. The second kappa shape index (κ2) is 6.31. The zero-order valence-electron chi connectivity index (χ0n) is 8.77. The molecule has 0 aliphatic heterocycles. The standard InChI is InChI=1S/C10H14N2O2S/c1-11-8-12-14-7-9-3-5-10(6-4-9)15(2)13/h3-6,8H,7H2,1-2H3,(H,11,12). The summed E-state index contributed by atoms with van der Waals surface area (Å²) >= 11 is 0. The molecule has 0 saturated carbocycles. The van der Waals surface area contributed by atoms with Crippen LogP contribution in [-0.4, -0.2) is 23.9 Å². The second-order valence-corrected chi connectivity index (χ2v) is 4.27. The summed E-state index contributed by atoms with van der Waals surface area (Å²) in [4.78, 5) is 9.61. The molecule has 0 radical (unpaired) electrons. The second-order valence-electron chi connectivity index (χ2n) is 2.89. The van der Waals surface area contributed by atoms with Crippen molar-refractivity contribution < 1.29 is 9.05 Å². The summed E-state index contributed by atoms with van der Waals surface area (Å²) in [6.07, 6.45) is 3.13. The topological polar surface area (TPSA) is 50.7 Å². The number of benzene rings is 1. The van der Waals surface area contributed by atoms with Crippen LogP contribution in [0, 0.1) is 0 Å². The maximum atomic E-state index is 11.1. The first-order chi connectivity index (χ1) is 7.24. The number of rotatable bonds is 5. The highest BCUT2D eigenvalue weighted by Gasteiger charge is 1.97. The first-order valence-electron chi connectivity index (χ1n) is 4.44. The lowest BCUT2D eigenvalue weighted by Crippen LogP contribution is -2.11. The van der Waals surface area contributed by atoms with E-state index in [4.69, 9.17) is 4.84 Å². The number of nitrogens with one attached hydrogen (secondary N) is 1. The van der Waals surface area contributed by atoms with Crippen molar-refractivity contribution in [2.75, 3.05) is 13.3 Å². The van der Waals surface area contributed by atoms with Crippen molar-refractivity contribution >= 4 is 17.1 Å². The molecule has 0 fully saturated rings. The summed E-state index contributed by atoms with van der Waals surface area (Å²) in [7, 11) is 0.731. The van der Waals surface area contributed by atoms with E-state index in [0.29, 0.717) is 6.61 Å². The molecule has 0 aliphatic rings. The highest BCUT2D eigenvalue weighted by molar-refractivity contribution is 7.84. The third kappa shape index (κ3) is 4.22. The van der Waals surface area contributed by atoms with E-state index in [1.165, 1.54) is 6.34 Å². The van der Waals surface area contributed by atoms with Gasteiger partial charge in [0, 0.05) is 29.0 Å². The van der Waals surface area contributed by atoms with Crippen LogP contribution in [0.3, 0.4) is 0 Å². The molecule has 1 atom stereocenters. The van der Waals surface area contributed by atoms with Crippen molar-refractivity contribution in [1.29, 1.82) is 0 Å². The molecule has 1 unspecified atom stereocenters. The van der Waals surface area contributed by atoms with Crippen LogP contribution in [0.25, 0.3) is 0 Å². The van der Waals surface area contributed by atoms with E-state index in [0.717, 1.165) is 10.5 Å². The van der Waals surface area contributed by atoms with Gasteiger partial charge in [-0.3, -0.25) is 19.5 Å². The van der Waals surface area contributed by atoms with Gasteiger partial charge in [0.25, 0.3) is 0 Å². The fraction of sp³-hybridized carbons (Fsp3) is 0.300. The third-order valence-electron chi connectivity index (χ3n) is 1.76. The Kier molecular flexibility index (Phi) is 5.00. The predicted molar refractivity (Wildman–Crippen MR) is 61.1 cm³/mol. The van der Waals surface area contributed by atoms with Gasteiger partial charge < -0.3 is 0 Å². The predicted octanol–water partition coefficient (Wildman–Crippen LogP) is 1.10. The fourth-order valence-electron chi connectivity index (χ4n) is 0.992. The van der Waals surface area contributed by atoms with Gasteiger partial charge in [-0.05, 0) is 17.7 Å². The number of aliphatic imine (C=N–C) groups is 1. The summed E-state index contributed by atoms with van der Waals surface area (Å²) < 4.78 is 11.1. The van der Waals surface area contributed by atoms with Gasteiger partial charge in [-0.1, -0.05) is 12.1 Å². The van der Waals surface area contributed by atoms with E-state index in [-0.39, 0.29) is 0 Å². The molecule has 4 nitrogen and oxygen atoms in total. The average Bonchev–Trinajstić information content (AvgIpc) is 2.25. The summed E-state index contributed by atoms with van der Waals surface area (Å²) in [6, 6.07) is 7.45. The maximum Gasteiger partial charge on any atom is 0.106 e. The molecule has 1 aromatic carbocycles. The monoisotopic (exact) mass is 226 g/mol. The first-order valence-corrected chi connectivity index (χ1v) is 6.00. The Morgan fingerprint density at radius 2 is 2.13 bits per heavy atom. The molecule has 1 aromatic rings. The lowest BCUT2D eigenvalue weighted by molar-refractivity contribution is 0.0744. The fourth-order valence-corrected chi connectivity index (χ4v) is 1.51. The van der Waals surface area contributed by atoms with Crippen LogP contribution in [0.5, 0.6) is 0 Å². The van der Waals surface area contributed by atoms with E-state index < -0.39 is 10.8 Å². The smallest absolute Gasteiger partial charge is 0.106 e. The van der Waals surface area contributed by atoms with Gasteiger partial charge in [-0.25, -0.2) is 0 Å². The van der Waals surface area contributed by atoms with E-state index in [9.17, 15) is 4.21 Å². The van der Waals surface area contributed by atoms with Crippen molar-refractivity contribution in [3.05, 3.63) is 29.8 Å². The molecule has 0 aromatic heterocycles. The van der Waals surface area contributed by atoms with Crippen LogP contribution < -0.4 is 5.48 Å². The van der Waals surface area contributed by atoms with Crippen LogP contribution in [0.4, 0.5) is 0 Å². The number of hydrogen-bond acceptors (Lipinski definition) is 3. The molecule has 82 valence electrons. The number of nitrogens with zero attached hydrogens (tertiary/aromatic N) is 1. The Bertz CT molecular complexity index is 349. The van der Waals surface area contributed by atoms with Crippen molar-refractivity contribution in [2.45, 2.75) is 11.5 Å². The lowest BCUT2D eigenvalue weighted by Gasteiger charge is -2.03. The molecule has 5 heteroatoms. The normalized spacial score (nSPS) is 12.9. The van der Waals surface area contributed by atoms with Gasteiger partial charge >= 0.3 is 0 Å². The molecule has 0 saturated heterocycles. The molecule has 0 heterocycles. The van der Waals surface area contributed by atoms with Crippen molar-refractivity contribution in [3.63, 3.8) is 0 Å². The SMILES string of the molecule is CN=CNOCc1ccc(S(C)=O)cc1. The Morgan fingerprint density at radius 1 is 1.47 bits per heavy atom. The summed E-state index contributed by atoms with van der Waals surface area (Å²) in [5.74, 6) is 0. The minimum Gasteiger partial charge on any atom is -0.277 e. The quantitative estimate of drug-likeness (QED) is 0.354. The zero-order valence-corrected chi connectivity index (χ0v) is 9.58. The molecule has 1 N–H and O–H groups in total. The van der Waals surface area contributed by atoms with Gasteiger partial charge in [0.2, 0.25) is 0 Å². The summed E-state index contributed by atoms with van der Waals surface area (Å²) in [5, 5.41) is 0. The number of hydrogen-bond donors (Lipinski definition) is 1. The van der Waals surface area contributed by atoms with Gasteiger partial charge in [0.15, 0.2) is 0 Å². The molecular formula is C10H14N2O2S. The van der Waals surface area contributed by atoms with E-state index in [2.05, 4.69) is 10.5 Å². The van der Waals surface area contributed by atoms with Gasteiger partial charge in [-0.15, -0.1) is 0 Å². The lowest BCUT2D eigenvalue weighted by atomic mass is 10.2. The average molecular weight is 226 g/mol. The molecule has 15 heavy (non-hydrogen) atoms. The molecule has 1 rings (SSSR count). The third-order valence-corrected chi connectivity index (χ3v) is 2.70. The van der Waals surface area contributed by atoms with Crippen LogP contribution in [0.1, 0.15) is 5.56 Å². The van der Waals surface area contributed by atoms with Gasteiger partial charge in [0.05, 0.1) is 6.61 Å². The molecule has 0 amide bonds. The van der Waals surface area contributed by atoms with Crippen LogP contribution in [-0.2, 0) is 22.2 Å². The largest absolute Gasteiger partial charge is 0.277 e. The van der Waals surface area contributed by atoms with Crippen molar-refractivity contribution in [3.8, 4) is 0 Å². The minimum absolute atomic E-state index is 0.447. The summed E-state index contributed by atoms with van der Waals surface area (Å²) in [5.41, 5.74) is 3.58. The van der Waals surface area contributed by atoms with E-state index in [1.54, 1.807) is 13.3 Å². The van der Waals surface area contributed by atoms with Crippen LogP contribution in [0.15, 0.2) is 34.2 Å². The zero-order chi connectivity index (χ0) is 11.1.